The van der Waals surface area contributed by atoms with Crippen molar-refractivity contribution < 1.29 is 9.53 Å². The largest absolute Gasteiger partial charge is 0.489 e. The molecule has 2 heterocycles. The van der Waals surface area contributed by atoms with Crippen LogP contribution in [0.5, 0.6) is 5.75 Å². The van der Waals surface area contributed by atoms with Crippen LogP contribution in [0, 0.1) is 0 Å². The first-order valence-corrected chi connectivity index (χ1v) is 12.2. The molecule has 0 spiro atoms. The van der Waals surface area contributed by atoms with E-state index in [-0.39, 0.29) is 5.91 Å². The molecule has 0 saturated heterocycles. The molecule has 2 aromatic heterocycles. The number of nitrogens with one attached hydrogen (secondary N) is 1. The Morgan fingerprint density at radius 3 is 2.81 bits per heavy atom. The summed E-state index contributed by atoms with van der Waals surface area (Å²) in [5.41, 5.74) is 5.64. The SMILES string of the molecule is O=C(Nc1cnn(Cc2ccc(Br)cc2)c1)c1cc(COc2ccc3c(c2)CCC3)cs1. The van der Waals surface area contributed by atoms with Gasteiger partial charge in [0.2, 0.25) is 0 Å². The molecule has 5 rings (SSSR count). The van der Waals surface area contributed by atoms with E-state index in [0.29, 0.717) is 23.7 Å². The Labute approximate surface area is 199 Å². The van der Waals surface area contributed by atoms with Gasteiger partial charge in [-0.2, -0.15) is 5.10 Å². The van der Waals surface area contributed by atoms with Gasteiger partial charge in [-0.05, 0) is 71.7 Å². The van der Waals surface area contributed by atoms with Crippen molar-refractivity contribution in [3.05, 3.63) is 97.9 Å². The maximum absolute atomic E-state index is 12.7. The Hall–Kier alpha value is -2.90. The summed E-state index contributed by atoms with van der Waals surface area (Å²) in [4.78, 5) is 13.3. The lowest BCUT2D eigenvalue weighted by Gasteiger charge is -2.07. The van der Waals surface area contributed by atoms with Crippen LogP contribution in [-0.4, -0.2) is 15.7 Å². The number of amides is 1. The Bertz CT molecular complexity index is 1250. The normalized spacial score (nSPS) is 12.5. The number of carbonyl (C=O) groups excluding carboxylic acids is 1. The number of carbonyl (C=O) groups is 1. The first-order valence-electron chi connectivity index (χ1n) is 10.5. The zero-order valence-corrected chi connectivity index (χ0v) is 19.8. The van der Waals surface area contributed by atoms with Crippen LogP contribution in [0.1, 0.15) is 38.3 Å². The second-order valence-electron chi connectivity index (χ2n) is 7.90. The van der Waals surface area contributed by atoms with Crippen LogP contribution in [0.25, 0.3) is 0 Å². The molecule has 162 valence electrons. The van der Waals surface area contributed by atoms with Gasteiger partial charge in [-0.25, -0.2) is 0 Å². The monoisotopic (exact) mass is 507 g/mol. The zero-order valence-electron chi connectivity index (χ0n) is 17.4. The van der Waals surface area contributed by atoms with Crippen LogP contribution < -0.4 is 10.1 Å². The molecule has 0 unspecified atom stereocenters. The van der Waals surface area contributed by atoms with Crippen LogP contribution in [0.4, 0.5) is 5.69 Å². The zero-order chi connectivity index (χ0) is 21.9. The van der Waals surface area contributed by atoms with Gasteiger partial charge >= 0.3 is 0 Å². The standard InChI is InChI=1S/C25H22BrN3O2S/c26-21-7-4-17(5-8-21)13-29-14-22(12-27-29)28-25(30)24-10-18(16-32-24)15-31-23-9-6-19-2-1-3-20(19)11-23/h4-12,14,16H,1-3,13,15H2,(H,28,30). The second-order valence-corrected chi connectivity index (χ2v) is 9.73. The van der Waals surface area contributed by atoms with Gasteiger partial charge in [0.25, 0.3) is 5.91 Å². The van der Waals surface area contributed by atoms with Crippen LogP contribution in [-0.2, 0) is 26.0 Å². The highest BCUT2D eigenvalue weighted by atomic mass is 79.9. The van der Waals surface area contributed by atoms with Crippen molar-refractivity contribution in [1.82, 2.24) is 9.78 Å². The fraction of sp³-hybridized carbons (Fsp3) is 0.200. The molecule has 2 aromatic carbocycles. The summed E-state index contributed by atoms with van der Waals surface area (Å²) in [7, 11) is 0. The number of hydrogen-bond donors (Lipinski definition) is 1. The molecule has 0 atom stereocenters. The van der Waals surface area contributed by atoms with E-state index in [9.17, 15) is 4.79 Å². The second kappa shape index (κ2) is 9.30. The van der Waals surface area contributed by atoms with E-state index in [2.05, 4.69) is 38.5 Å². The minimum atomic E-state index is -0.137. The lowest BCUT2D eigenvalue weighted by Crippen LogP contribution is -2.09. The maximum atomic E-state index is 12.7. The average molecular weight is 508 g/mol. The highest BCUT2D eigenvalue weighted by Gasteiger charge is 2.13. The molecule has 1 amide bonds. The molecule has 5 nitrogen and oxygen atoms in total. The predicted octanol–water partition coefficient (Wildman–Crippen LogP) is 6.08. The van der Waals surface area contributed by atoms with Crippen LogP contribution >= 0.6 is 27.3 Å². The topological polar surface area (TPSA) is 56.2 Å². The van der Waals surface area contributed by atoms with Crippen LogP contribution in [0.15, 0.2) is 70.8 Å². The van der Waals surface area contributed by atoms with Gasteiger partial charge in [-0.1, -0.05) is 34.1 Å². The number of thiophene rings is 1. The number of ether oxygens (including phenoxy) is 1. The Morgan fingerprint density at radius 2 is 1.94 bits per heavy atom. The average Bonchev–Trinajstić information content (AvgIpc) is 3.54. The van der Waals surface area contributed by atoms with Crippen molar-refractivity contribution in [2.45, 2.75) is 32.4 Å². The molecule has 0 aliphatic heterocycles. The van der Waals surface area contributed by atoms with E-state index >= 15 is 0 Å². The van der Waals surface area contributed by atoms with Gasteiger partial charge in [0.15, 0.2) is 0 Å². The molecule has 0 bridgehead atoms. The summed E-state index contributed by atoms with van der Waals surface area (Å²) in [5.74, 6) is 0.753. The van der Waals surface area contributed by atoms with Gasteiger partial charge in [-0.15, -0.1) is 11.3 Å². The molecule has 1 aliphatic rings. The van der Waals surface area contributed by atoms with E-state index in [0.717, 1.165) is 27.8 Å². The predicted molar refractivity (Wildman–Crippen MR) is 131 cm³/mol. The van der Waals surface area contributed by atoms with Crippen molar-refractivity contribution in [2.24, 2.45) is 0 Å². The summed E-state index contributed by atoms with van der Waals surface area (Å²) in [6.45, 7) is 1.10. The van der Waals surface area contributed by atoms with Gasteiger partial charge in [0.05, 0.1) is 23.3 Å². The number of benzene rings is 2. The Kier molecular flexibility index (Phi) is 6.10. The maximum Gasteiger partial charge on any atom is 0.265 e. The molecule has 0 radical (unpaired) electrons. The summed E-state index contributed by atoms with van der Waals surface area (Å²) in [6, 6.07) is 16.3. The molecule has 1 aliphatic carbocycles. The molecule has 7 heteroatoms. The van der Waals surface area contributed by atoms with E-state index in [1.54, 1.807) is 6.20 Å². The summed E-state index contributed by atoms with van der Waals surface area (Å²) in [5, 5.41) is 9.25. The summed E-state index contributed by atoms with van der Waals surface area (Å²) in [6.07, 6.45) is 7.04. The number of aromatic nitrogens is 2. The summed E-state index contributed by atoms with van der Waals surface area (Å²) >= 11 is 4.86. The smallest absolute Gasteiger partial charge is 0.265 e. The molecule has 1 N–H and O–H groups in total. The third kappa shape index (κ3) is 4.95. The van der Waals surface area contributed by atoms with Gasteiger partial charge in [-0.3, -0.25) is 9.48 Å². The van der Waals surface area contributed by atoms with E-state index in [1.807, 2.05) is 52.7 Å². The van der Waals surface area contributed by atoms with Crippen LogP contribution in [0.2, 0.25) is 0 Å². The lowest BCUT2D eigenvalue weighted by atomic mass is 10.1. The minimum Gasteiger partial charge on any atom is -0.489 e. The molecule has 32 heavy (non-hydrogen) atoms. The van der Waals surface area contributed by atoms with Crippen molar-refractivity contribution in [2.75, 3.05) is 5.32 Å². The van der Waals surface area contributed by atoms with E-state index < -0.39 is 0 Å². The fourth-order valence-electron chi connectivity index (χ4n) is 3.86. The third-order valence-corrected chi connectivity index (χ3v) is 7.01. The number of fused-ring (bicyclic) bond motifs is 1. The molecule has 4 aromatic rings. The lowest BCUT2D eigenvalue weighted by molar-refractivity contribution is 0.103. The highest BCUT2D eigenvalue weighted by molar-refractivity contribution is 9.10. The van der Waals surface area contributed by atoms with Gasteiger partial charge < -0.3 is 10.1 Å². The van der Waals surface area contributed by atoms with Gasteiger partial charge in [0, 0.05) is 16.2 Å². The number of hydrogen-bond acceptors (Lipinski definition) is 4. The summed E-state index contributed by atoms with van der Waals surface area (Å²) < 4.78 is 8.81. The van der Waals surface area contributed by atoms with Crippen molar-refractivity contribution in [1.29, 1.82) is 0 Å². The minimum absolute atomic E-state index is 0.137. The quantitative estimate of drug-likeness (QED) is 0.330. The van der Waals surface area contributed by atoms with Gasteiger partial charge in [0.1, 0.15) is 12.4 Å². The molecule has 0 fully saturated rings. The first kappa shape index (κ1) is 21.0. The van der Waals surface area contributed by atoms with Crippen LogP contribution in [0.3, 0.4) is 0 Å². The Balaban J connectivity index is 1.16. The van der Waals surface area contributed by atoms with Crippen molar-refractivity contribution >= 4 is 38.9 Å². The fourth-order valence-corrected chi connectivity index (χ4v) is 4.92. The van der Waals surface area contributed by atoms with Crippen molar-refractivity contribution in [3.8, 4) is 5.75 Å². The molecule has 0 saturated carbocycles. The molecular formula is C25H22BrN3O2S. The number of aryl methyl sites for hydroxylation is 2. The third-order valence-electron chi connectivity index (χ3n) is 5.50. The number of rotatable bonds is 7. The number of nitrogens with zero attached hydrogens (tertiary/aromatic N) is 2. The number of anilines is 1. The van der Waals surface area contributed by atoms with E-state index in [1.165, 1.54) is 35.3 Å². The first-order chi connectivity index (χ1) is 15.6. The molecular weight excluding hydrogens is 486 g/mol. The van der Waals surface area contributed by atoms with Crippen molar-refractivity contribution in [3.63, 3.8) is 0 Å². The Morgan fingerprint density at radius 1 is 1.09 bits per heavy atom. The highest BCUT2D eigenvalue weighted by Crippen LogP contribution is 2.27. The number of halogens is 1. The van der Waals surface area contributed by atoms with E-state index in [4.69, 9.17) is 4.74 Å².